The summed E-state index contributed by atoms with van der Waals surface area (Å²) in [6, 6.07) is 32.8. The van der Waals surface area contributed by atoms with Crippen LogP contribution in [0.15, 0.2) is 119 Å². The highest BCUT2D eigenvalue weighted by molar-refractivity contribution is 6.23. The minimum absolute atomic E-state index is 0.0500. The van der Waals surface area contributed by atoms with E-state index in [0.717, 1.165) is 54.2 Å². The number of para-hydroxylation sites is 1. The number of benzene rings is 5. The fourth-order valence-corrected chi connectivity index (χ4v) is 8.03. The van der Waals surface area contributed by atoms with Crippen LogP contribution < -0.4 is 30.9 Å². The minimum atomic E-state index is -0.247. The average molecular weight is 608 g/mol. The molecule has 5 aromatic carbocycles. The molecule has 10 rings (SSSR count). The van der Waals surface area contributed by atoms with Crippen LogP contribution in [0.5, 0.6) is 5.75 Å². The van der Waals surface area contributed by atoms with E-state index in [1.807, 2.05) is 6.07 Å². The Bertz CT molecular complexity index is 2550. The summed E-state index contributed by atoms with van der Waals surface area (Å²) in [5.74, 6) is 2.87. The zero-order chi connectivity index (χ0) is 30.9. The van der Waals surface area contributed by atoms with Gasteiger partial charge in [-0.1, -0.05) is 115 Å². The van der Waals surface area contributed by atoms with Gasteiger partial charge in [-0.2, -0.15) is 0 Å². The smallest absolute Gasteiger partial charge is 0.150 e. The molecule has 0 bridgehead atoms. The van der Waals surface area contributed by atoms with Gasteiger partial charge in [0.25, 0.3) is 0 Å². The van der Waals surface area contributed by atoms with Crippen LogP contribution in [0.2, 0.25) is 0 Å². The summed E-state index contributed by atoms with van der Waals surface area (Å²) in [4.78, 5) is 10.7. The van der Waals surface area contributed by atoms with Gasteiger partial charge in [0, 0.05) is 34.6 Å². The lowest BCUT2D eigenvalue weighted by Gasteiger charge is -2.28. The lowest BCUT2D eigenvalue weighted by Crippen LogP contribution is -2.41. The Labute approximate surface area is 272 Å². The van der Waals surface area contributed by atoms with Crippen LogP contribution >= 0.6 is 0 Å². The summed E-state index contributed by atoms with van der Waals surface area (Å²) in [6.07, 6.45) is 17.7. The normalized spacial score (nSPS) is 22.2. The molecular formula is C43H33N3O. The third-order valence-corrected chi connectivity index (χ3v) is 10.4. The molecule has 0 radical (unpaired) electrons. The Hall–Kier alpha value is -5.48. The maximum atomic E-state index is 6.29. The van der Waals surface area contributed by atoms with Crippen molar-refractivity contribution in [2.45, 2.75) is 38.0 Å². The van der Waals surface area contributed by atoms with Gasteiger partial charge in [0.15, 0.2) is 6.17 Å². The number of ether oxygens (including phenoxy) is 1. The Morgan fingerprint density at radius 3 is 2.36 bits per heavy atom. The van der Waals surface area contributed by atoms with Crippen LogP contribution in [-0.2, 0) is 0 Å². The van der Waals surface area contributed by atoms with Gasteiger partial charge in [-0.05, 0) is 73.8 Å². The summed E-state index contributed by atoms with van der Waals surface area (Å²) in [5.41, 5.74) is 4.60. The van der Waals surface area contributed by atoms with E-state index in [1.165, 1.54) is 53.6 Å². The second kappa shape index (κ2) is 10.5. The molecule has 1 N–H and O–H groups in total. The highest BCUT2D eigenvalue weighted by atomic mass is 16.5. The SMILES string of the molecule is C1=C(C2=NC(C3C=c4ccccc4=CC3)N=C(c3cccc4c3ccc3c5c(ccc34)=CCCC=5)N2)C=C2c3ccccc3OC2C1. The van der Waals surface area contributed by atoms with Crippen LogP contribution in [0.4, 0.5) is 0 Å². The molecule has 226 valence electrons. The molecule has 2 heterocycles. The Balaban J connectivity index is 1.11. The van der Waals surface area contributed by atoms with E-state index in [1.54, 1.807) is 0 Å². The van der Waals surface area contributed by atoms with Gasteiger partial charge in [-0.3, -0.25) is 0 Å². The maximum Gasteiger partial charge on any atom is 0.150 e. The van der Waals surface area contributed by atoms with Crippen molar-refractivity contribution in [3.8, 4) is 5.75 Å². The molecule has 4 nitrogen and oxygen atoms in total. The molecule has 47 heavy (non-hydrogen) atoms. The van der Waals surface area contributed by atoms with Crippen LogP contribution in [0.1, 0.15) is 36.8 Å². The summed E-state index contributed by atoms with van der Waals surface area (Å²) >= 11 is 0. The second-order valence-corrected chi connectivity index (χ2v) is 13.1. The van der Waals surface area contributed by atoms with Gasteiger partial charge in [-0.15, -0.1) is 0 Å². The number of amidine groups is 2. The number of nitrogens with zero attached hydrogens (tertiary/aromatic N) is 2. The zero-order valence-electron chi connectivity index (χ0n) is 26.0. The molecule has 0 saturated heterocycles. The molecule has 2 aliphatic heterocycles. The van der Waals surface area contributed by atoms with E-state index in [0.29, 0.717) is 0 Å². The first-order valence-electron chi connectivity index (χ1n) is 16.8. The van der Waals surface area contributed by atoms with E-state index in [2.05, 4.69) is 127 Å². The van der Waals surface area contributed by atoms with Crippen LogP contribution in [-0.4, -0.2) is 23.9 Å². The van der Waals surface area contributed by atoms with Gasteiger partial charge in [0.2, 0.25) is 0 Å². The average Bonchev–Trinajstić information content (AvgIpc) is 3.52. The van der Waals surface area contributed by atoms with Crippen molar-refractivity contribution < 1.29 is 4.74 Å². The van der Waals surface area contributed by atoms with Gasteiger partial charge in [0.1, 0.15) is 23.5 Å². The lowest BCUT2D eigenvalue weighted by atomic mass is 9.91. The molecule has 5 aromatic rings. The van der Waals surface area contributed by atoms with E-state index in [-0.39, 0.29) is 18.2 Å². The van der Waals surface area contributed by atoms with Gasteiger partial charge in [0.05, 0.1) is 0 Å². The topological polar surface area (TPSA) is 46.0 Å². The molecular weight excluding hydrogens is 574 g/mol. The highest BCUT2D eigenvalue weighted by Crippen LogP contribution is 2.41. The summed E-state index contributed by atoms with van der Waals surface area (Å²) < 4.78 is 6.29. The third-order valence-electron chi connectivity index (χ3n) is 10.4. The third kappa shape index (κ3) is 4.35. The van der Waals surface area contributed by atoms with Crippen molar-refractivity contribution in [1.29, 1.82) is 0 Å². The Morgan fingerprint density at radius 1 is 0.596 bits per heavy atom. The first kappa shape index (κ1) is 26.7. The van der Waals surface area contributed by atoms with Gasteiger partial charge >= 0.3 is 0 Å². The quantitative estimate of drug-likeness (QED) is 0.261. The molecule has 0 amide bonds. The van der Waals surface area contributed by atoms with Crippen molar-refractivity contribution in [2.24, 2.45) is 15.9 Å². The molecule has 4 heteroatoms. The predicted octanol–water partition coefficient (Wildman–Crippen LogP) is 5.88. The zero-order valence-corrected chi connectivity index (χ0v) is 26.0. The molecule has 0 saturated carbocycles. The number of fused-ring (bicyclic) bond motifs is 9. The van der Waals surface area contributed by atoms with Gasteiger partial charge in [-0.25, -0.2) is 9.98 Å². The summed E-state index contributed by atoms with van der Waals surface area (Å²) in [5, 5.41) is 14.0. The van der Waals surface area contributed by atoms with Crippen molar-refractivity contribution in [3.63, 3.8) is 0 Å². The molecule has 3 atom stereocenters. The first-order chi connectivity index (χ1) is 23.3. The van der Waals surface area contributed by atoms with E-state index in [9.17, 15) is 0 Å². The molecule has 0 fully saturated rings. The van der Waals surface area contributed by atoms with Crippen molar-refractivity contribution >= 4 is 63.1 Å². The minimum Gasteiger partial charge on any atom is -0.485 e. The second-order valence-electron chi connectivity index (χ2n) is 13.1. The summed E-state index contributed by atoms with van der Waals surface area (Å²) in [7, 11) is 0. The molecule has 0 aromatic heterocycles. The van der Waals surface area contributed by atoms with E-state index in [4.69, 9.17) is 14.7 Å². The number of hydrogen-bond acceptors (Lipinski definition) is 4. The van der Waals surface area contributed by atoms with E-state index >= 15 is 0 Å². The number of aliphatic imine (C=N–C) groups is 2. The van der Waals surface area contributed by atoms with Crippen LogP contribution in [0.3, 0.4) is 0 Å². The number of hydrogen-bond donors (Lipinski definition) is 1. The Kier molecular flexibility index (Phi) is 5.98. The Morgan fingerprint density at radius 2 is 1.38 bits per heavy atom. The molecule has 5 aliphatic rings. The van der Waals surface area contributed by atoms with Gasteiger partial charge < -0.3 is 10.1 Å². The van der Waals surface area contributed by atoms with Crippen molar-refractivity contribution in [3.05, 3.63) is 141 Å². The fourth-order valence-electron chi connectivity index (χ4n) is 8.03. The van der Waals surface area contributed by atoms with Crippen LogP contribution in [0, 0.1) is 5.92 Å². The maximum absolute atomic E-state index is 6.29. The summed E-state index contributed by atoms with van der Waals surface area (Å²) in [6.45, 7) is 0. The number of rotatable bonds is 3. The monoisotopic (exact) mass is 607 g/mol. The van der Waals surface area contributed by atoms with Crippen molar-refractivity contribution in [1.82, 2.24) is 5.32 Å². The highest BCUT2D eigenvalue weighted by Gasteiger charge is 2.32. The fraction of sp³-hybridized carbons (Fsp3) is 0.163. The first-order valence-corrected chi connectivity index (χ1v) is 16.8. The predicted molar refractivity (Wildman–Crippen MR) is 194 cm³/mol. The number of nitrogens with one attached hydrogen (secondary N) is 1. The molecule has 0 spiro atoms. The van der Waals surface area contributed by atoms with E-state index < -0.39 is 0 Å². The van der Waals surface area contributed by atoms with Crippen molar-refractivity contribution in [2.75, 3.05) is 0 Å². The molecule has 3 aliphatic carbocycles. The standard InChI is InChI=1S/C43H33N3O/c1-2-10-28-24-29(17-16-26(28)8-1)41-44-42(30-19-23-40-38(25-30)36-12-5-6-15-39(36)47-40)46-43(45-41)37-14-7-13-32-34-20-18-27-9-3-4-11-31(27)33(34)21-22-35(32)37/h1-2,5-16,18-22,24-25,29,40-41H,3-4,17,23H2,(H,44,45,46). The van der Waals surface area contributed by atoms with Crippen LogP contribution in [0.25, 0.3) is 51.4 Å². The lowest BCUT2D eigenvalue weighted by molar-refractivity contribution is 0.278. The largest absolute Gasteiger partial charge is 0.485 e. The molecule has 3 unspecified atom stereocenters.